The summed E-state index contributed by atoms with van der Waals surface area (Å²) in [6.45, 7) is 10.5. The third-order valence-electron chi connectivity index (χ3n) is 5.51. The maximum atomic E-state index is 13.5. The predicted molar refractivity (Wildman–Crippen MR) is 131 cm³/mol. The molecule has 0 saturated carbocycles. The van der Waals surface area contributed by atoms with Gasteiger partial charge in [-0.25, -0.2) is 4.79 Å². The SMILES string of the molecule is CC(C)Nc1c(C(=O)N2CCC(N(C)C(=O)OC(C)(C)C)C2)cnc(-c2ccccc2)c1N. The van der Waals surface area contributed by atoms with Crippen molar-refractivity contribution in [3.8, 4) is 11.3 Å². The molecule has 2 aromatic rings. The van der Waals surface area contributed by atoms with E-state index < -0.39 is 5.60 Å². The number of ether oxygens (including phenoxy) is 1. The van der Waals surface area contributed by atoms with Crippen molar-refractivity contribution in [2.24, 2.45) is 0 Å². The molecule has 1 aromatic heterocycles. The topological polar surface area (TPSA) is 101 Å². The van der Waals surface area contributed by atoms with Gasteiger partial charge in [-0.15, -0.1) is 0 Å². The number of likely N-dealkylation sites (N-methyl/N-ethyl adjacent to an activating group) is 1. The van der Waals surface area contributed by atoms with Crippen LogP contribution in [-0.2, 0) is 4.74 Å². The Balaban J connectivity index is 1.83. The van der Waals surface area contributed by atoms with E-state index in [0.29, 0.717) is 42.1 Å². The van der Waals surface area contributed by atoms with E-state index in [4.69, 9.17) is 10.5 Å². The number of nitrogens with zero attached hydrogens (tertiary/aromatic N) is 3. The Hall–Kier alpha value is -3.29. The maximum absolute atomic E-state index is 13.5. The lowest BCUT2D eigenvalue weighted by atomic mass is 10.1. The number of carbonyl (C=O) groups excluding carboxylic acids is 2. The Morgan fingerprint density at radius 1 is 1.24 bits per heavy atom. The standard InChI is InChI=1S/C25H35N5O3/c1-16(2)28-22-19(14-27-21(20(22)26)17-10-8-7-9-11-17)23(31)30-13-12-18(15-30)29(6)24(32)33-25(3,4)5/h7-11,14,16,18H,12-13,15,26H2,1-6H3,(H,27,28). The van der Waals surface area contributed by atoms with Crippen LogP contribution in [0.1, 0.15) is 51.4 Å². The summed E-state index contributed by atoms with van der Waals surface area (Å²) in [6.07, 6.45) is 1.89. The van der Waals surface area contributed by atoms with Gasteiger partial charge in [0.2, 0.25) is 0 Å². The van der Waals surface area contributed by atoms with Crippen LogP contribution in [0.4, 0.5) is 16.2 Å². The Morgan fingerprint density at radius 3 is 2.52 bits per heavy atom. The molecule has 1 fully saturated rings. The second-order valence-electron chi connectivity index (χ2n) is 9.76. The van der Waals surface area contributed by atoms with Crippen LogP contribution in [0.25, 0.3) is 11.3 Å². The van der Waals surface area contributed by atoms with Gasteiger partial charge in [0.1, 0.15) is 5.60 Å². The van der Waals surface area contributed by atoms with Crippen LogP contribution in [0, 0.1) is 0 Å². The van der Waals surface area contributed by atoms with E-state index in [1.54, 1.807) is 23.0 Å². The van der Waals surface area contributed by atoms with Crippen LogP contribution in [0.2, 0.25) is 0 Å². The van der Waals surface area contributed by atoms with E-state index in [-0.39, 0.29) is 24.1 Å². The van der Waals surface area contributed by atoms with Crippen LogP contribution >= 0.6 is 0 Å². The number of aromatic nitrogens is 1. The Morgan fingerprint density at radius 2 is 1.91 bits per heavy atom. The Labute approximate surface area is 196 Å². The van der Waals surface area contributed by atoms with E-state index >= 15 is 0 Å². The first kappa shape index (κ1) is 24.4. The van der Waals surface area contributed by atoms with Gasteiger partial charge in [-0.05, 0) is 41.0 Å². The minimum Gasteiger partial charge on any atom is -0.444 e. The molecule has 8 nitrogen and oxygen atoms in total. The molecule has 8 heteroatoms. The van der Waals surface area contributed by atoms with E-state index in [1.165, 1.54) is 0 Å². The molecule has 2 amide bonds. The van der Waals surface area contributed by atoms with Crippen LogP contribution in [0.3, 0.4) is 0 Å². The van der Waals surface area contributed by atoms with Crippen LogP contribution in [-0.4, -0.2) is 64.6 Å². The number of nitrogens with two attached hydrogens (primary N) is 1. The highest BCUT2D eigenvalue weighted by Crippen LogP contribution is 2.34. The molecule has 0 bridgehead atoms. The molecule has 1 aromatic carbocycles. The zero-order chi connectivity index (χ0) is 24.3. The third-order valence-corrected chi connectivity index (χ3v) is 5.51. The van der Waals surface area contributed by atoms with Gasteiger partial charge in [0.25, 0.3) is 5.91 Å². The summed E-state index contributed by atoms with van der Waals surface area (Å²) >= 11 is 0. The second-order valence-corrected chi connectivity index (χ2v) is 9.76. The zero-order valence-electron chi connectivity index (χ0n) is 20.4. The molecule has 1 aliphatic rings. The lowest BCUT2D eigenvalue weighted by Crippen LogP contribution is -2.42. The molecule has 1 atom stereocenters. The fraction of sp³-hybridized carbons (Fsp3) is 0.480. The number of pyridine rings is 1. The van der Waals surface area contributed by atoms with Crippen molar-refractivity contribution in [2.75, 3.05) is 31.2 Å². The quantitative estimate of drug-likeness (QED) is 0.703. The molecule has 0 spiro atoms. The fourth-order valence-corrected chi connectivity index (χ4v) is 3.85. The van der Waals surface area contributed by atoms with Gasteiger partial charge in [0, 0.05) is 37.9 Å². The molecular formula is C25H35N5O3. The summed E-state index contributed by atoms with van der Waals surface area (Å²) in [4.78, 5) is 33.8. The van der Waals surface area contributed by atoms with E-state index in [2.05, 4.69) is 10.3 Å². The number of hydrogen-bond acceptors (Lipinski definition) is 6. The van der Waals surface area contributed by atoms with Crippen molar-refractivity contribution in [1.82, 2.24) is 14.8 Å². The summed E-state index contributed by atoms with van der Waals surface area (Å²) in [5.74, 6) is -0.156. The van der Waals surface area contributed by atoms with Gasteiger partial charge < -0.3 is 25.6 Å². The van der Waals surface area contributed by atoms with Gasteiger partial charge in [-0.3, -0.25) is 9.78 Å². The number of nitrogens with one attached hydrogen (secondary N) is 1. The molecule has 1 saturated heterocycles. The second kappa shape index (κ2) is 9.68. The van der Waals surface area contributed by atoms with Crippen molar-refractivity contribution in [1.29, 1.82) is 0 Å². The third kappa shape index (κ3) is 5.74. The Kier molecular flexibility index (Phi) is 7.15. The summed E-state index contributed by atoms with van der Waals surface area (Å²) in [7, 11) is 1.71. The summed E-state index contributed by atoms with van der Waals surface area (Å²) in [5.41, 5.74) is 8.94. The lowest BCUT2D eigenvalue weighted by molar-refractivity contribution is 0.0226. The average molecular weight is 454 g/mol. The van der Waals surface area contributed by atoms with Gasteiger partial charge >= 0.3 is 6.09 Å². The van der Waals surface area contributed by atoms with Crippen LogP contribution in [0.5, 0.6) is 0 Å². The molecule has 2 heterocycles. The number of amides is 2. The number of benzene rings is 1. The fourth-order valence-electron chi connectivity index (χ4n) is 3.85. The van der Waals surface area contributed by atoms with Crippen molar-refractivity contribution in [3.05, 3.63) is 42.1 Å². The number of rotatable bonds is 5. The number of nitrogen functional groups attached to an aromatic ring is 1. The molecular weight excluding hydrogens is 418 g/mol. The molecule has 33 heavy (non-hydrogen) atoms. The summed E-state index contributed by atoms with van der Waals surface area (Å²) in [5, 5.41) is 3.34. The minimum atomic E-state index is -0.569. The monoisotopic (exact) mass is 453 g/mol. The number of likely N-dealkylation sites (tertiary alicyclic amines) is 1. The highest BCUT2D eigenvalue weighted by Gasteiger charge is 2.34. The van der Waals surface area contributed by atoms with Crippen LogP contribution < -0.4 is 11.1 Å². The molecule has 1 unspecified atom stereocenters. The number of anilines is 2. The first-order valence-electron chi connectivity index (χ1n) is 11.3. The van der Waals surface area contributed by atoms with Gasteiger partial charge in [0.05, 0.1) is 28.7 Å². The first-order chi connectivity index (χ1) is 15.5. The molecule has 1 aliphatic heterocycles. The zero-order valence-corrected chi connectivity index (χ0v) is 20.4. The van der Waals surface area contributed by atoms with Gasteiger partial charge in [0.15, 0.2) is 0 Å². The van der Waals surface area contributed by atoms with Crippen molar-refractivity contribution in [3.63, 3.8) is 0 Å². The maximum Gasteiger partial charge on any atom is 0.410 e. The molecule has 178 valence electrons. The minimum absolute atomic E-state index is 0.0782. The van der Waals surface area contributed by atoms with Crippen molar-refractivity contribution in [2.45, 2.75) is 58.7 Å². The first-order valence-corrected chi connectivity index (χ1v) is 11.3. The summed E-state index contributed by atoms with van der Waals surface area (Å²) < 4.78 is 5.47. The molecule has 3 N–H and O–H groups in total. The number of hydrogen-bond donors (Lipinski definition) is 2. The van der Waals surface area contributed by atoms with Gasteiger partial charge in [-0.1, -0.05) is 30.3 Å². The smallest absolute Gasteiger partial charge is 0.410 e. The van der Waals surface area contributed by atoms with Gasteiger partial charge in [-0.2, -0.15) is 0 Å². The summed E-state index contributed by atoms with van der Waals surface area (Å²) in [6, 6.07) is 9.64. The highest BCUT2D eigenvalue weighted by atomic mass is 16.6. The van der Waals surface area contributed by atoms with E-state index in [1.807, 2.05) is 65.0 Å². The van der Waals surface area contributed by atoms with Crippen molar-refractivity contribution < 1.29 is 14.3 Å². The Bertz CT molecular complexity index is 1000. The molecule has 0 aliphatic carbocycles. The van der Waals surface area contributed by atoms with E-state index in [0.717, 1.165) is 5.56 Å². The average Bonchev–Trinajstić information content (AvgIpc) is 3.23. The largest absolute Gasteiger partial charge is 0.444 e. The van der Waals surface area contributed by atoms with E-state index in [9.17, 15) is 9.59 Å². The van der Waals surface area contributed by atoms with Crippen LogP contribution in [0.15, 0.2) is 36.5 Å². The molecule has 3 rings (SSSR count). The normalized spacial score (nSPS) is 16.1. The number of carbonyl (C=O) groups is 2. The predicted octanol–water partition coefficient (Wildman–Crippen LogP) is 4.23. The molecule has 0 radical (unpaired) electrons. The highest BCUT2D eigenvalue weighted by molar-refractivity contribution is 6.04. The lowest BCUT2D eigenvalue weighted by Gasteiger charge is -2.28. The van der Waals surface area contributed by atoms with Crippen molar-refractivity contribution >= 4 is 23.4 Å².